The Balaban J connectivity index is 1.85. The average Bonchev–Trinajstić information content (AvgIpc) is 3.37. The van der Waals surface area contributed by atoms with E-state index in [0.29, 0.717) is 22.8 Å². The van der Waals surface area contributed by atoms with Crippen LogP contribution in [0.15, 0.2) is 48.0 Å². The van der Waals surface area contributed by atoms with Crippen LogP contribution in [0.4, 0.5) is 0 Å². The Bertz CT molecular complexity index is 1040. The van der Waals surface area contributed by atoms with Crippen molar-refractivity contribution in [2.24, 2.45) is 0 Å². The second-order valence-corrected chi connectivity index (χ2v) is 7.96. The second-order valence-electron chi connectivity index (χ2n) is 7.52. The number of halogens is 1. The van der Waals surface area contributed by atoms with Crippen LogP contribution in [0.1, 0.15) is 30.0 Å². The summed E-state index contributed by atoms with van der Waals surface area (Å²) >= 11 is 5.94. The lowest BCUT2D eigenvalue weighted by Gasteiger charge is -2.27. The number of hydrogen-bond acceptors (Lipinski definition) is 6. The fourth-order valence-corrected chi connectivity index (χ4v) is 4.18. The molecule has 0 unspecified atom stereocenters. The lowest BCUT2D eigenvalue weighted by Crippen LogP contribution is -2.36. The van der Waals surface area contributed by atoms with E-state index in [0.717, 1.165) is 12.8 Å². The van der Waals surface area contributed by atoms with Crippen LogP contribution >= 0.6 is 11.6 Å². The van der Waals surface area contributed by atoms with Gasteiger partial charge in [0.1, 0.15) is 5.76 Å². The molecule has 8 heteroatoms. The largest absolute Gasteiger partial charge is 0.507 e. The Morgan fingerprint density at radius 2 is 1.97 bits per heavy atom. The number of carbonyl (C=O) groups is 2. The van der Waals surface area contributed by atoms with Crippen molar-refractivity contribution >= 4 is 29.1 Å². The summed E-state index contributed by atoms with van der Waals surface area (Å²) in [4.78, 5) is 27.4. The number of amides is 1. The number of phenols is 1. The molecule has 0 radical (unpaired) electrons. The maximum atomic E-state index is 13.0. The van der Waals surface area contributed by atoms with E-state index in [9.17, 15) is 19.8 Å². The van der Waals surface area contributed by atoms with Gasteiger partial charge >= 0.3 is 0 Å². The molecule has 31 heavy (non-hydrogen) atoms. The van der Waals surface area contributed by atoms with Gasteiger partial charge in [0.05, 0.1) is 24.8 Å². The Hall–Kier alpha value is -3.03. The number of methoxy groups -OCH3 is 1. The number of benzene rings is 2. The van der Waals surface area contributed by atoms with Crippen molar-refractivity contribution in [3.63, 3.8) is 0 Å². The zero-order valence-corrected chi connectivity index (χ0v) is 17.6. The van der Waals surface area contributed by atoms with E-state index in [2.05, 4.69) is 0 Å². The molecular weight excluding hydrogens is 422 g/mol. The maximum absolute atomic E-state index is 13.0. The molecule has 2 atom stereocenters. The van der Waals surface area contributed by atoms with Gasteiger partial charge < -0.3 is 24.6 Å². The lowest BCUT2D eigenvalue weighted by molar-refractivity contribution is -0.140. The number of likely N-dealkylation sites (tertiary alicyclic amines) is 1. The number of ether oxygens (including phenoxy) is 2. The molecular formula is C23H22ClNO6. The number of phenolic OH excluding ortho intramolecular Hbond substituents is 1. The van der Waals surface area contributed by atoms with E-state index in [1.165, 1.54) is 18.1 Å². The van der Waals surface area contributed by atoms with Gasteiger partial charge in [-0.3, -0.25) is 9.59 Å². The summed E-state index contributed by atoms with van der Waals surface area (Å²) < 4.78 is 10.9. The number of rotatable bonds is 5. The van der Waals surface area contributed by atoms with E-state index in [1.54, 1.807) is 36.4 Å². The van der Waals surface area contributed by atoms with Crippen molar-refractivity contribution < 1.29 is 29.3 Å². The van der Waals surface area contributed by atoms with Crippen molar-refractivity contribution in [1.29, 1.82) is 0 Å². The highest BCUT2D eigenvalue weighted by atomic mass is 35.5. The van der Waals surface area contributed by atoms with Crippen LogP contribution in [0.5, 0.6) is 11.5 Å². The van der Waals surface area contributed by atoms with Crippen LogP contribution in [0.2, 0.25) is 5.02 Å². The van der Waals surface area contributed by atoms with Gasteiger partial charge in [0.2, 0.25) is 0 Å². The van der Waals surface area contributed by atoms with E-state index in [-0.39, 0.29) is 35.5 Å². The molecule has 0 aromatic heterocycles. The SMILES string of the molecule is COc1cc([C@H]2/C(=C(\O)c3ccc(Cl)cc3)C(=O)C(=O)N2C[C@H]2CCCO2)ccc1O. The first-order chi connectivity index (χ1) is 14.9. The molecule has 2 saturated heterocycles. The van der Waals surface area contributed by atoms with E-state index in [4.69, 9.17) is 21.1 Å². The summed E-state index contributed by atoms with van der Waals surface area (Å²) in [6.45, 7) is 0.826. The smallest absolute Gasteiger partial charge is 0.295 e. The lowest BCUT2D eigenvalue weighted by atomic mass is 9.95. The van der Waals surface area contributed by atoms with Gasteiger partial charge in [0.25, 0.3) is 11.7 Å². The molecule has 2 aromatic carbocycles. The summed E-state index contributed by atoms with van der Waals surface area (Å²) in [6.07, 6.45) is 1.48. The van der Waals surface area contributed by atoms with Gasteiger partial charge in [-0.25, -0.2) is 0 Å². The summed E-state index contributed by atoms with van der Waals surface area (Å²) in [5, 5.41) is 21.5. The third-order valence-corrected chi connectivity index (χ3v) is 5.85. The number of Topliss-reactive ketones (excluding diaryl/α,β-unsaturated/α-hetero) is 1. The molecule has 1 amide bonds. The highest BCUT2D eigenvalue weighted by Crippen LogP contribution is 2.42. The summed E-state index contributed by atoms with van der Waals surface area (Å²) in [7, 11) is 1.41. The summed E-state index contributed by atoms with van der Waals surface area (Å²) in [5.74, 6) is -1.64. The number of carbonyl (C=O) groups excluding carboxylic acids is 2. The Labute approximate surface area is 184 Å². The highest BCUT2D eigenvalue weighted by Gasteiger charge is 2.47. The quantitative estimate of drug-likeness (QED) is 0.416. The minimum atomic E-state index is -0.852. The molecule has 0 aliphatic carbocycles. The van der Waals surface area contributed by atoms with Crippen LogP contribution in [-0.2, 0) is 14.3 Å². The van der Waals surface area contributed by atoms with E-state index >= 15 is 0 Å². The van der Waals surface area contributed by atoms with Crippen LogP contribution in [0, 0.1) is 0 Å². The number of aromatic hydroxyl groups is 1. The summed E-state index contributed by atoms with van der Waals surface area (Å²) in [6, 6.07) is 10.1. The maximum Gasteiger partial charge on any atom is 0.295 e. The molecule has 2 fully saturated rings. The number of nitrogens with zero attached hydrogens (tertiary/aromatic N) is 1. The van der Waals surface area contributed by atoms with Crippen molar-refractivity contribution in [1.82, 2.24) is 4.90 Å². The Morgan fingerprint density at radius 3 is 2.61 bits per heavy atom. The first-order valence-corrected chi connectivity index (χ1v) is 10.3. The van der Waals surface area contributed by atoms with Crippen molar-refractivity contribution in [2.45, 2.75) is 25.0 Å². The standard InChI is InChI=1S/C23H22ClNO6/c1-30-18-11-14(6-9-17(18)26)20-19(21(27)13-4-7-15(24)8-5-13)22(28)23(29)25(20)12-16-3-2-10-31-16/h4-9,11,16,20,26-27H,2-3,10,12H2,1H3/b21-19+/t16-,20+/m1/s1. The predicted octanol–water partition coefficient (Wildman–Crippen LogP) is 3.65. The fraction of sp³-hybridized carbons (Fsp3) is 0.304. The minimum absolute atomic E-state index is 0.0296. The van der Waals surface area contributed by atoms with Gasteiger partial charge in [-0.1, -0.05) is 17.7 Å². The molecule has 2 heterocycles. The minimum Gasteiger partial charge on any atom is -0.507 e. The molecule has 7 nitrogen and oxygen atoms in total. The molecule has 2 aliphatic rings. The van der Waals surface area contributed by atoms with Crippen molar-refractivity contribution in [2.75, 3.05) is 20.3 Å². The van der Waals surface area contributed by atoms with E-state index < -0.39 is 17.7 Å². The topological polar surface area (TPSA) is 96.3 Å². The second kappa shape index (κ2) is 8.61. The predicted molar refractivity (Wildman–Crippen MR) is 114 cm³/mol. The normalized spacial score (nSPS) is 22.8. The number of aliphatic hydroxyl groups is 1. The Kier molecular flexibility index (Phi) is 5.89. The molecule has 4 rings (SSSR count). The highest BCUT2D eigenvalue weighted by molar-refractivity contribution is 6.46. The zero-order chi connectivity index (χ0) is 22.1. The van der Waals surface area contributed by atoms with Gasteiger partial charge in [-0.15, -0.1) is 0 Å². The molecule has 162 valence electrons. The zero-order valence-electron chi connectivity index (χ0n) is 16.9. The van der Waals surface area contributed by atoms with Gasteiger partial charge in [-0.05, 0) is 54.8 Å². The molecule has 0 spiro atoms. The number of ketones is 1. The Morgan fingerprint density at radius 1 is 1.23 bits per heavy atom. The first-order valence-electron chi connectivity index (χ1n) is 9.93. The summed E-state index contributed by atoms with van der Waals surface area (Å²) in [5.41, 5.74) is 0.871. The van der Waals surface area contributed by atoms with Crippen molar-refractivity contribution in [3.05, 3.63) is 64.2 Å². The monoisotopic (exact) mass is 443 g/mol. The van der Waals surface area contributed by atoms with E-state index in [1.807, 2.05) is 0 Å². The molecule has 0 saturated carbocycles. The third-order valence-electron chi connectivity index (χ3n) is 5.60. The molecule has 2 aromatic rings. The van der Waals surface area contributed by atoms with Crippen molar-refractivity contribution in [3.8, 4) is 11.5 Å². The average molecular weight is 444 g/mol. The first kappa shape index (κ1) is 21.2. The van der Waals surface area contributed by atoms with Gasteiger partial charge in [0.15, 0.2) is 11.5 Å². The van der Waals surface area contributed by atoms with Gasteiger partial charge in [-0.2, -0.15) is 0 Å². The third kappa shape index (κ3) is 3.98. The van der Waals surface area contributed by atoms with Crippen LogP contribution in [0.3, 0.4) is 0 Å². The van der Waals surface area contributed by atoms with Crippen LogP contribution < -0.4 is 4.74 Å². The number of hydrogen-bond donors (Lipinski definition) is 2. The number of aliphatic hydroxyl groups excluding tert-OH is 1. The van der Waals surface area contributed by atoms with Gasteiger partial charge in [0, 0.05) is 23.7 Å². The molecule has 0 bridgehead atoms. The van der Waals surface area contributed by atoms with Crippen LogP contribution in [-0.4, -0.2) is 53.2 Å². The molecule has 2 aliphatic heterocycles. The fourth-order valence-electron chi connectivity index (χ4n) is 4.05. The van der Waals surface area contributed by atoms with Crippen LogP contribution in [0.25, 0.3) is 5.76 Å². The molecule has 2 N–H and O–H groups in total.